The van der Waals surface area contributed by atoms with Gasteiger partial charge in [-0.3, -0.25) is 0 Å². The van der Waals surface area contributed by atoms with Crippen molar-refractivity contribution in [3.05, 3.63) is 10.9 Å². The molecule has 3 heteroatoms. The second kappa shape index (κ2) is 2.30. The van der Waals surface area contributed by atoms with Crippen molar-refractivity contribution in [2.45, 2.75) is 13.8 Å². The average Bonchev–Trinajstić information content (AvgIpc) is 1.98. The van der Waals surface area contributed by atoms with Crippen molar-refractivity contribution in [3.8, 4) is 0 Å². The van der Waals surface area contributed by atoms with E-state index >= 15 is 0 Å². The van der Waals surface area contributed by atoms with Crippen molar-refractivity contribution >= 4 is 16.1 Å². The molecule has 0 aliphatic rings. The summed E-state index contributed by atoms with van der Waals surface area (Å²) in [6.45, 7) is 8.92. The van der Waals surface area contributed by atoms with Gasteiger partial charge in [-0.05, 0) is 25.6 Å². The Kier molecular flexibility index (Phi) is 1.81. The average molecular weight is 156 g/mol. The summed E-state index contributed by atoms with van der Waals surface area (Å²) in [4.78, 5) is 0. The van der Waals surface area contributed by atoms with E-state index in [2.05, 4.69) is 26.9 Å². The molecule has 0 aliphatic carbocycles. The number of hydrogen-bond acceptors (Lipinski definition) is 1. The van der Waals surface area contributed by atoms with E-state index in [9.17, 15) is 0 Å². The molecular formula is C6H12OSi2. The molecule has 0 saturated carbocycles. The Hall–Kier alpha value is -0.0262. The van der Waals surface area contributed by atoms with Gasteiger partial charge in [0.15, 0.2) is 0 Å². The lowest BCUT2D eigenvalue weighted by Gasteiger charge is -1.84. The molecule has 0 amide bonds. The van der Waals surface area contributed by atoms with Crippen LogP contribution in [-0.2, 0) is 13.1 Å². The Labute approximate surface area is 58.7 Å². The quantitative estimate of drug-likeness (QED) is 0.511. The number of hydrogen-bond donors (Lipinski definition) is 0. The molecule has 1 nitrogen and oxygen atoms in total. The Morgan fingerprint density at radius 2 is 1.78 bits per heavy atom. The van der Waals surface area contributed by atoms with E-state index in [1.807, 2.05) is 0 Å². The van der Waals surface area contributed by atoms with Crippen molar-refractivity contribution in [2.75, 3.05) is 0 Å². The van der Waals surface area contributed by atoms with Crippen LogP contribution in [0.3, 0.4) is 0 Å². The largest absolute Gasteiger partial charge is 0.526 e. The van der Waals surface area contributed by atoms with Crippen LogP contribution in [0.1, 0.15) is 10.9 Å². The van der Waals surface area contributed by atoms with Crippen LogP contribution in [0.4, 0.5) is 0 Å². The van der Waals surface area contributed by atoms with Crippen LogP contribution in [-0.4, -0.2) is 16.1 Å². The minimum Gasteiger partial charge on any atom is -0.526 e. The first-order valence-electron chi connectivity index (χ1n) is 3.16. The lowest BCUT2D eigenvalue weighted by Crippen LogP contribution is -2.07. The first-order chi connectivity index (χ1) is 4.13. The molecule has 1 aromatic rings. The highest BCUT2D eigenvalue weighted by Crippen LogP contribution is 2.02. The van der Waals surface area contributed by atoms with Crippen LogP contribution >= 0.6 is 0 Å². The summed E-state index contributed by atoms with van der Waals surface area (Å²) >= 11 is 0. The molecule has 9 heavy (non-hydrogen) atoms. The van der Waals surface area contributed by atoms with Gasteiger partial charge in [-0.25, -0.2) is 0 Å². The van der Waals surface area contributed by atoms with E-state index in [4.69, 9.17) is 4.10 Å². The van der Waals surface area contributed by atoms with E-state index < -0.39 is 8.15 Å². The predicted octanol–water partition coefficient (Wildman–Crippen LogP) is 1.02. The van der Waals surface area contributed by atoms with Gasteiger partial charge < -0.3 is 4.10 Å². The maximum Gasteiger partial charge on any atom is 0.209 e. The molecule has 0 fully saturated rings. The minimum atomic E-state index is -0.404. The summed E-state index contributed by atoms with van der Waals surface area (Å²) in [5.41, 5.74) is 0. The summed E-state index contributed by atoms with van der Waals surface area (Å²) in [5.74, 6) is 1.21. The third-order valence-corrected chi connectivity index (χ3v) is 9.67. The first-order valence-corrected chi connectivity index (χ1v) is 8.07. The molecule has 0 unspecified atom stereocenters. The molecule has 1 rings (SSSR count). The van der Waals surface area contributed by atoms with Crippen molar-refractivity contribution in [3.63, 3.8) is 0 Å². The van der Waals surface area contributed by atoms with Gasteiger partial charge in [0.25, 0.3) is 0 Å². The molecule has 0 bridgehead atoms. The smallest absolute Gasteiger partial charge is 0.209 e. The van der Waals surface area contributed by atoms with E-state index in [-0.39, 0.29) is 7.90 Å². The third-order valence-electron chi connectivity index (χ3n) is 1.92. The zero-order valence-electron chi connectivity index (χ0n) is 6.41. The highest BCUT2D eigenvalue weighted by Gasteiger charge is 2.06. The fourth-order valence-corrected chi connectivity index (χ4v) is 5.92. The Morgan fingerprint density at radius 1 is 1.22 bits per heavy atom. The second-order valence-electron chi connectivity index (χ2n) is 2.46. The lowest BCUT2D eigenvalue weighted by atomic mass is 10.5. The van der Waals surface area contributed by atoms with Gasteiger partial charge in [0, 0.05) is 0 Å². The van der Waals surface area contributed by atoms with Crippen molar-refractivity contribution in [2.24, 2.45) is 13.1 Å². The molecule has 0 spiro atoms. The summed E-state index contributed by atoms with van der Waals surface area (Å²) in [6, 6.07) is 0. The monoisotopic (exact) mass is 156 g/mol. The van der Waals surface area contributed by atoms with Gasteiger partial charge in [-0.1, -0.05) is 6.55 Å². The standard InChI is InChI=1S/C6H12OSi2/c1-5-6(2)8(3)9(4)7-5/h1-4H3. The molecule has 0 aliphatic heterocycles. The molecule has 1 heterocycles. The van der Waals surface area contributed by atoms with E-state index in [1.165, 1.54) is 5.76 Å². The van der Waals surface area contributed by atoms with Crippen LogP contribution in [0, 0.1) is 13.8 Å². The first kappa shape index (κ1) is 7.09. The van der Waals surface area contributed by atoms with Crippen LogP contribution in [0.25, 0.3) is 0 Å². The summed E-state index contributed by atoms with van der Waals surface area (Å²) in [5, 5.41) is 1.55. The molecule has 0 saturated heterocycles. The summed E-state index contributed by atoms with van der Waals surface area (Å²) in [6.07, 6.45) is 0. The van der Waals surface area contributed by atoms with E-state index in [0.29, 0.717) is 0 Å². The highest BCUT2D eigenvalue weighted by molar-refractivity contribution is 6.97. The zero-order valence-corrected chi connectivity index (χ0v) is 8.41. The van der Waals surface area contributed by atoms with Crippen molar-refractivity contribution in [1.82, 2.24) is 0 Å². The third kappa shape index (κ3) is 1.12. The lowest BCUT2D eigenvalue weighted by molar-refractivity contribution is 0.613. The topological polar surface area (TPSA) is 13.1 Å². The van der Waals surface area contributed by atoms with Crippen molar-refractivity contribution < 1.29 is 4.10 Å². The molecule has 0 radical (unpaired) electrons. The Bertz CT molecular complexity index is 205. The molecule has 0 aromatic carbocycles. The molecule has 1 aromatic heterocycles. The molecule has 0 atom stereocenters. The molecule has 50 valence electrons. The molecule has 0 N–H and O–H groups in total. The van der Waals surface area contributed by atoms with Gasteiger partial charge in [-0.2, -0.15) is 0 Å². The summed E-state index contributed by atoms with van der Waals surface area (Å²) < 4.78 is 5.61. The fourth-order valence-electron chi connectivity index (χ4n) is 0.911. The van der Waals surface area contributed by atoms with Gasteiger partial charge in [-0.15, -0.1) is 0 Å². The van der Waals surface area contributed by atoms with Crippen LogP contribution in [0.15, 0.2) is 4.10 Å². The fraction of sp³-hybridized carbons (Fsp3) is 0.667. The zero-order chi connectivity index (χ0) is 7.02. The second-order valence-corrected chi connectivity index (χ2v) is 10.1. The van der Waals surface area contributed by atoms with Gasteiger partial charge in [0.05, 0.1) is 13.7 Å². The predicted molar refractivity (Wildman–Crippen MR) is 42.0 cm³/mol. The van der Waals surface area contributed by atoms with Gasteiger partial charge >= 0.3 is 0 Å². The SMILES string of the molecule is Cc1o[si](C)[si](C)c1C. The minimum absolute atomic E-state index is 0.202. The van der Waals surface area contributed by atoms with Gasteiger partial charge in [0.2, 0.25) is 8.15 Å². The van der Waals surface area contributed by atoms with E-state index in [0.717, 1.165) is 0 Å². The van der Waals surface area contributed by atoms with Crippen LogP contribution in [0.5, 0.6) is 0 Å². The maximum absolute atomic E-state index is 5.61. The molecular weight excluding hydrogens is 144 g/mol. The van der Waals surface area contributed by atoms with E-state index in [1.54, 1.807) is 5.17 Å². The number of aryl methyl sites for hydroxylation is 2. The van der Waals surface area contributed by atoms with Crippen LogP contribution in [0.2, 0.25) is 0 Å². The maximum atomic E-state index is 5.61. The van der Waals surface area contributed by atoms with Crippen molar-refractivity contribution in [1.29, 1.82) is 0 Å². The normalized spacial score (nSPS) is 10.2. The Balaban J connectivity index is 3.29. The summed E-state index contributed by atoms with van der Waals surface area (Å²) in [7, 11) is -0.606. The van der Waals surface area contributed by atoms with Crippen LogP contribution < -0.4 is 0 Å². The highest BCUT2D eigenvalue weighted by atomic mass is 29.0. The number of rotatable bonds is 0. The Morgan fingerprint density at radius 3 is 1.89 bits per heavy atom. The van der Waals surface area contributed by atoms with Gasteiger partial charge in [0.1, 0.15) is 0 Å².